The van der Waals surface area contributed by atoms with Crippen LogP contribution in [0.3, 0.4) is 0 Å². The number of nitrogens with zero attached hydrogens (tertiary/aromatic N) is 1. The first-order valence-corrected chi connectivity index (χ1v) is 11.3. The molecule has 0 bridgehead atoms. The maximum Gasteiger partial charge on any atom is 0.416 e. The van der Waals surface area contributed by atoms with Crippen LogP contribution in [0.15, 0.2) is 36.4 Å². The minimum Gasteiger partial charge on any atom is -0.335 e. The number of piperidine rings is 1. The third-order valence-corrected chi connectivity index (χ3v) is 6.34. The van der Waals surface area contributed by atoms with Crippen molar-refractivity contribution >= 4 is 21.7 Å². The average molecular weight is 448 g/mol. The topological polar surface area (TPSA) is 78.5 Å². The van der Waals surface area contributed by atoms with Gasteiger partial charge in [0.25, 0.3) is 0 Å². The Labute approximate surface area is 175 Å². The van der Waals surface area contributed by atoms with Gasteiger partial charge in [0.2, 0.25) is 10.0 Å². The molecule has 1 aromatic carbocycles. The number of sulfonamides is 1. The molecule has 1 aliphatic heterocycles. The van der Waals surface area contributed by atoms with Crippen molar-refractivity contribution in [2.75, 3.05) is 24.2 Å². The van der Waals surface area contributed by atoms with Gasteiger partial charge < -0.3 is 10.6 Å². The van der Waals surface area contributed by atoms with Gasteiger partial charge in [-0.2, -0.15) is 13.2 Å². The van der Waals surface area contributed by atoms with Gasteiger partial charge in [-0.25, -0.2) is 17.5 Å². The zero-order chi connectivity index (χ0) is 22.6. The van der Waals surface area contributed by atoms with E-state index >= 15 is 0 Å². The summed E-state index contributed by atoms with van der Waals surface area (Å²) in [5.74, 6) is -0.0588. The number of carbonyl (C=O) groups is 1. The third kappa shape index (κ3) is 7.64. The smallest absolute Gasteiger partial charge is 0.335 e. The number of anilines is 1. The van der Waals surface area contributed by atoms with E-state index in [2.05, 4.69) is 10.6 Å². The van der Waals surface area contributed by atoms with Crippen molar-refractivity contribution in [3.05, 3.63) is 42.0 Å². The second-order valence-corrected chi connectivity index (χ2v) is 10.4. The van der Waals surface area contributed by atoms with Crippen molar-refractivity contribution in [1.82, 2.24) is 9.62 Å². The fourth-order valence-electron chi connectivity index (χ4n) is 3.00. The summed E-state index contributed by atoms with van der Waals surface area (Å²) in [6.45, 7) is 6.57. The number of alkyl halides is 3. The molecule has 0 atom stereocenters. The third-order valence-electron chi connectivity index (χ3n) is 4.58. The van der Waals surface area contributed by atoms with Crippen LogP contribution in [0.1, 0.15) is 39.2 Å². The minimum absolute atomic E-state index is 0.0588. The van der Waals surface area contributed by atoms with E-state index in [1.165, 1.54) is 16.4 Å². The van der Waals surface area contributed by atoms with Crippen LogP contribution in [0.5, 0.6) is 0 Å². The van der Waals surface area contributed by atoms with Gasteiger partial charge in [0, 0.05) is 24.8 Å². The maximum atomic E-state index is 12.6. The van der Waals surface area contributed by atoms with Crippen LogP contribution in [0.2, 0.25) is 0 Å². The zero-order valence-corrected chi connectivity index (χ0v) is 18.1. The van der Waals surface area contributed by atoms with E-state index in [0.717, 1.165) is 12.1 Å². The number of benzene rings is 1. The second kappa shape index (κ2) is 9.38. The van der Waals surface area contributed by atoms with Crippen LogP contribution in [0, 0.1) is 5.41 Å². The summed E-state index contributed by atoms with van der Waals surface area (Å²) in [6, 6.07) is 3.41. The van der Waals surface area contributed by atoms with Gasteiger partial charge in [0.05, 0.1) is 11.3 Å². The van der Waals surface area contributed by atoms with E-state index in [-0.39, 0.29) is 22.9 Å². The average Bonchev–Trinajstić information content (AvgIpc) is 2.60. The summed E-state index contributed by atoms with van der Waals surface area (Å²) < 4.78 is 64.0. The van der Waals surface area contributed by atoms with Crippen LogP contribution in [-0.2, 0) is 16.2 Å². The number of urea groups is 1. The highest BCUT2D eigenvalue weighted by Crippen LogP contribution is 2.29. The molecule has 30 heavy (non-hydrogen) atoms. The van der Waals surface area contributed by atoms with Gasteiger partial charge in [-0.15, -0.1) is 0 Å². The number of amides is 2. The summed E-state index contributed by atoms with van der Waals surface area (Å²) in [7, 11) is -3.40. The van der Waals surface area contributed by atoms with Crippen LogP contribution in [0.4, 0.5) is 23.7 Å². The minimum atomic E-state index is -4.43. The first-order chi connectivity index (χ1) is 13.8. The number of carbonyl (C=O) groups excluding carboxylic acids is 1. The largest absolute Gasteiger partial charge is 0.416 e. The summed E-state index contributed by atoms with van der Waals surface area (Å²) in [4.78, 5) is 12.1. The van der Waals surface area contributed by atoms with Crippen LogP contribution in [0.25, 0.3) is 0 Å². The molecule has 1 heterocycles. The Morgan fingerprint density at radius 1 is 1.13 bits per heavy atom. The SMILES string of the molecule is CC(C)(C)C=CCS(=O)(=O)N1CCC(NC(=O)Nc2ccc(C(F)(F)F)cc2)CC1. The molecule has 1 aromatic rings. The monoisotopic (exact) mass is 447 g/mol. The molecule has 0 radical (unpaired) electrons. The summed E-state index contributed by atoms with van der Waals surface area (Å²) >= 11 is 0. The maximum absolute atomic E-state index is 12.6. The Morgan fingerprint density at radius 3 is 2.20 bits per heavy atom. The molecule has 2 amide bonds. The lowest BCUT2D eigenvalue weighted by molar-refractivity contribution is -0.137. The molecular formula is C20H28F3N3O3S. The highest BCUT2D eigenvalue weighted by molar-refractivity contribution is 7.89. The molecular weight excluding hydrogens is 419 g/mol. The van der Waals surface area contributed by atoms with Crippen molar-refractivity contribution in [2.45, 2.75) is 45.8 Å². The second-order valence-electron chi connectivity index (χ2n) is 8.39. The van der Waals surface area contributed by atoms with E-state index in [4.69, 9.17) is 0 Å². The number of nitrogens with one attached hydrogen (secondary N) is 2. The van der Waals surface area contributed by atoms with Crippen LogP contribution >= 0.6 is 0 Å². The molecule has 2 rings (SSSR count). The molecule has 6 nitrogen and oxygen atoms in total. The highest BCUT2D eigenvalue weighted by Gasteiger charge is 2.30. The molecule has 1 aliphatic rings. The Hall–Kier alpha value is -2.07. The van der Waals surface area contributed by atoms with Crippen molar-refractivity contribution < 1.29 is 26.4 Å². The summed E-state index contributed by atoms with van der Waals surface area (Å²) in [5, 5.41) is 5.23. The Kier molecular flexibility index (Phi) is 7.57. The van der Waals surface area contributed by atoms with E-state index in [1.54, 1.807) is 6.08 Å². The molecule has 0 spiro atoms. The predicted molar refractivity (Wildman–Crippen MR) is 111 cm³/mol. The Morgan fingerprint density at radius 2 is 1.70 bits per heavy atom. The van der Waals surface area contributed by atoms with Gasteiger partial charge in [0.15, 0.2) is 0 Å². The highest BCUT2D eigenvalue weighted by atomic mass is 32.2. The normalized spacial score (nSPS) is 17.3. The van der Waals surface area contributed by atoms with Gasteiger partial charge in [-0.05, 0) is 42.5 Å². The Balaban J connectivity index is 1.81. The molecule has 10 heteroatoms. The molecule has 0 saturated carbocycles. The summed E-state index contributed by atoms with van der Waals surface area (Å²) in [5.41, 5.74) is -0.641. The lowest BCUT2D eigenvalue weighted by Gasteiger charge is -2.31. The van der Waals surface area contributed by atoms with Gasteiger partial charge >= 0.3 is 12.2 Å². The van der Waals surface area contributed by atoms with Gasteiger partial charge in [-0.1, -0.05) is 32.9 Å². The fourth-order valence-corrected chi connectivity index (χ4v) is 4.32. The molecule has 168 valence electrons. The van der Waals surface area contributed by atoms with Crippen molar-refractivity contribution in [1.29, 1.82) is 0 Å². The zero-order valence-electron chi connectivity index (χ0n) is 17.3. The lowest BCUT2D eigenvalue weighted by atomic mass is 9.97. The number of rotatable bonds is 5. The van der Waals surface area contributed by atoms with E-state index < -0.39 is 27.8 Å². The van der Waals surface area contributed by atoms with E-state index in [0.29, 0.717) is 25.9 Å². The number of hydrogen-bond donors (Lipinski definition) is 2. The first-order valence-electron chi connectivity index (χ1n) is 9.66. The molecule has 1 saturated heterocycles. The predicted octanol–water partition coefficient (Wildman–Crippen LogP) is 4.22. The molecule has 0 aromatic heterocycles. The summed E-state index contributed by atoms with van der Waals surface area (Å²) in [6.07, 6.45) is 0.0184. The van der Waals surface area contributed by atoms with Crippen molar-refractivity contribution in [2.24, 2.45) is 5.41 Å². The van der Waals surface area contributed by atoms with Crippen molar-refractivity contribution in [3.63, 3.8) is 0 Å². The lowest BCUT2D eigenvalue weighted by Crippen LogP contribution is -2.47. The number of halogens is 3. The standard InChI is InChI=1S/C20H28F3N3O3S/c1-19(2,3)11-4-14-30(28,29)26-12-9-17(10-13-26)25-18(27)24-16-7-5-15(6-8-16)20(21,22)23/h4-8,11,17H,9-10,12-14H2,1-3H3,(H2,24,25,27). The molecule has 0 unspecified atom stereocenters. The van der Waals surface area contributed by atoms with Gasteiger partial charge in [-0.3, -0.25) is 0 Å². The first kappa shape index (κ1) is 24.2. The quantitative estimate of drug-likeness (QED) is 0.664. The molecule has 0 aliphatic carbocycles. The van der Waals surface area contributed by atoms with E-state index in [1.807, 2.05) is 26.8 Å². The van der Waals surface area contributed by atoms with Crippen molar-refractivity contribution in [3.8, 4) is 0 Å². The van der Waals surface area contributed by atoms with Crippen LogP contribution in [-0.4, -0.2) is 43.6 Å². The Bertz CT molecular complexity index is 852. The van der Waals surface area contributed by atoms with Gasteiger partial charge in [0.1, 0.15) is 0 Å². The number of allylic oxidation sites excluding steroid dienone is 1. The fraction of sp³-hybridized carbons (Fsp3) is 0.550. The van der Waals surface area contributed by atoms with E-state index in [9.17, 15) is 26.4 Å². The molecule has 1 fully saturated rings. The number of hydrogen-bond acceptors (Lipinski definition) is 3. The van der Waals surface area contributed by atoms with Crippen LogP contribution < -0.4 is 10.6 Å². The molecule has 2 N–H and O–H groups in total.